The van der Waals surface area contributed by atoms with Gasteiger partial charge in [-0.15, -0.1) is 13.2 Å². The van der Waals surface area contributed by atoms with Crippen LogP contribution in [0.5, 0.6) is 5.75 Å². The lowest BCUT2D eigenvalue weighted by atomic mass is 9.90. The zero-order valence-corrected chi connectivity index (χ0v) is 12.3. The summed E-state index contributed by atoms with van der Waals surface area (Å²) in [4.78, 5) is 0. The largest absolute Gasteiger partial charge is 0.573 e. The highest BCUT2D eigenvalue weighted by atomic mass is 32.2. The summed E-state index contributed by atoms with van der Waals surface area (Å²) >= 11 is 1.80. The first-order chi connectivity index (χ1) is 9.36. The molecule has 0 bridgehead atoms. The topological polar surface area (TPSA) is 21.3 Å². The minimum absolute atomic E-state index is 0.111. The SMILES string of the molecule is CNC(c1ccccc1OC(F)(F)F)C1(C)CCCS1. The normalized spacial score (nSPS) is 24.6. The zero-order valence-electron chi connectivity index (χ0n) is 11.5. The second-order valence-electron chi connectivity index (χ2n) is 5.07. The molecule has 1 heterocycles. The first-order valence-electron chi connectivity index (χ1n) is 6.51. The number of nitrogens with one attached hydrogen (secondary N) is 1. The van der Waals surface area contributed by atoms with Crippen LogP contribution in [0.15, 0.2) is 24.3 Å². The summed E-state index contributed by atoms with van der Waals surface area (Å²) in [5.74, 6) is 0.921. The third-order valence-electron chi connectivity index (χ3n) is 3.60. The standard InChI is InChI=1S/C14H18F3NOS/c1-13(8-5-9-20-13)12(18-2)10-6-3-4-7-11(10)19-14(15,16)17/h3-4,6-7,12,18H,5,8-9H2,1-2H3. The van der Waals surface area contributed by atoms with Crippen LogP contribution in [0.1, 0.15) is 31.4 Å². The Kier molecular flexibility index (Phi) is 4.54. The van der Waals surface area contributed by atoms with Gasteiger partial charge in [0.2, 0.25) is 0 Å². The predicted octanol–water partition coefficient (Wildman–Crippen LogP) is 4.13. The van der Waals surface area contributed by atoms with E-state index in [4.69, 9.17) is 0 Å². The maximum atomic E-state index is 12.5. The van der Waals surface area contributed by atoms with E-state index in [0.717, 1.165) is 18.6 Å². The summed E-state index contributed by atoms with van der Waals surface area (Å²) in [5.41, 5.74) is 0.559. The van der Waals surface area contributed by atoms with E-state index in [-0.39, 0.29) is 16.5 Å². The minimum atomic E-state index is -4.67. The summed E-state index contributed by atoms with van der Waals surface area (Å²) in [6, 6.07) is 6.20. The molecule has 2 atom stereocenters. The molecule has 1 N–H and O–H groups in total. The van der Waals surface area contributed by atoms with Crippen molar-refractivity contribution in [3.05, 3.63) is 29.8 Å². The Bertz CT molecular complexity index is 458. The molecule has 0 aliphatic carbocycles. The van der Waals surface area contributed by atoms with Gasteiger partial charge in [-0.25, -0.2) is 0 Å². The molecule has 1 saturated heterocycles. The average Bonchev–Trinajstić information content (AvgIpc) is 2.78. The second-order valence-corrected chi connectivity index (χ2v) is 6.70. The molecule has 20 heavy (non-hydrogen) atoms. The minimum Gasteiger partial charge on any atom is -0.405 e. The van der Waals surface area contributed by atoms with E-state index in [1.54, 1.807) is 37.0 Å². The van der Waals surface area contributed by atoms with E-state index in [9.17, 15) is 13.2 Å². The molecule has 0 radical (unpaired) electrons. The fourth-order valence-corrected chi connectivity index (χ4v) is 4.21. The quantitative estimate of drug-likeness (QED) is 0.903. The Morgan fingerprint density at radius 2 is 2.05 bits per heavy atom. The van der Waals surface area contributed by atoms with Gasteiger partial charge in [0.05, 0.1) is 6.04 Å². The molecular weight excluding hydrogens is 287 g/mol. The van der Waals surface area contributed by atoms with Crippen LogP contribution in [-0.2, 0) is 0 Å². The average molecular weight is 305 g/mol. The van der Waals surface area contributed by atoms with Crippen molar-refractivity contribution in [3.63, 3.8) is 0 Å². The molecule has 1 aliphatic heterocycles. The lowest BCUT2D eigenvalue weighted by Crippen LogP contribution is -2.36. The summed E-state index contributed by atoms with van der Waals surface area (Å²) in [5, 5.41) is 3.16. The van der Waals surface area contributed by atoms with Crippen molar-refractivity contribution in [3.8, 4) is 5.75 Å². The smallest absolute Gasteiger partial charge is 0.405 e. The molecule has 1 aliphatic rings. The molecule has 0 saturated carbocycles. The van der Waals surface area contributed by atoms with Gasteiger partial charge in [-0.3, -0.25) is 0 Å². The third-order valence-corrected chi connectivity index (χ3v) is 5.20. The van der Waals surface area contributed by atoms with Crippen molar-refractivity contribution in [2.75, 3.05) is 12.8 Å². The van der Waals surface area contributed by atoms with Crippen LogP contribution in [0, 0.1) is 0 Å². The lowest BCUT2D eigenvalue weighted by molar-refractivity contribution is -0.275. The molecule has 2 rings (SSSR count). The lowest BCUT2D eigenvalue weighted by Gasteiger charge is -2.34. The van der Waals surface area contributed by atoms with Gasteiger partial charge in [-0.2, -0.15) is 11.8 Å². The Labute approximate surface area is 121 Å². The zero-order chi connectivity index (χ0) is 14.8. The number of hydrogen-bond donors (Lipinski definition) is 1. The van der Waals surface area contributed by atoms with Crippen molar-refractivity contribution in [1.82, 2.24) is 5.32 Å². The maximum Gasteiger partial charge on any atom is 0.573 e. The first-order valence-corrected chi connectivity index (χ1v) is 7.50. The molecule has 1 fully saturated rings. The number of para-hydroxylation sites is 1. The number of ether oxygens (including phenoxy) is 1. The van der Waals surface area contributed by atoms with Crippen LogP contribution in [0.2, 0.25) is 0 Å². The van der Waals surface area contributed by atoms with E-state index in [1.807, 2.05) is 0 Å². The van der Waals surface area contributed by atoms with Crippen molar-refractivity contribution in [2.24, 2.45) is 0 Å². The van der Waals surface area contributed by atoms with Crippen LogP contribution in [0.25, 0.3) is 0 Å². The van der Waals surface area contributed by atoms with E-state index < -0.39 is 6.36 Å². The van der Waals surface area contributed by atoms with Gasteiger partial charge in [0.15, 0.2) is 0 Å². The van der Waals surface area contributed by atoms with Crippen LogP contribution in [0.4, 0.5) is 13.2 Å². The summed E-state index contributed by atoms with van der Waals surface area (Å²) in [6.45, 7) is 2.09. The van der Waals surface area contributed by atoms with Crippen molar-refractivity contribution >= 4 is 11.8 Å². The Balaban J connectivity index is 2.34. The molecule has 1 aromatic rings. The van der Waals surface area contributed by atoms with E-state index in [2.05, 4.69) is 17.0 Å². The van der Waals surface area contributed by atoms with Gasteiger partial charge in [0.1, 0.15) is 5.75 Å². The van der Waals surface area contributed by atoms with E-state index in [1.165, 1.54) is 6.07 Å². The molecule has 0 aromatic heterocycles. The third kappa shape index (κ3) is 3.41. The highest BCUT2D eigenvalue weighted by Crippen LogP contribution is 2.48. The van der Waals surface area contributed by atoms with Crippen molar-refractivity contribution in [2.45, 2.75) is 36.9 Å². The molecular formula is C14H18F3NOS. The number of benzene rings is 1. The Morgan fingerprint density at radius 3 is 2.60 bits per heavy atom. The molecule has 112 valence electrons. The van der Waals surface area contributed by atoms with Crippen LogP contribution >= 0.6 is 11.8 Å². The van der Waals surface area contributed by atoms with Gasteiger partial charge in [0, 0.05) is 10.3 Å². The summed E-state index contributed by atoms with van der Waals surface area (Å²) < 4.78 is 41.6. The number of alkyl halides is 3. The molecule has 0 amide bonds. The fourth-order valence-electron chi connectivity index (χ4n) is 2.75. The predicted molar refractivity (Wildman–Crippen MR) is 75.0 cm³/mol. The van der Waals surface area contributed by atoms with Crippen LogP contribution in [0.3, 0.4) is 0 Å². The molecule has 6 heteroatoms. The van der Waals surface area contributed by atoms with Gasteiger partial charge in [-0.05, 0) is 38.6 Å². The Hall–Kier alpha value is -0.880. The van der Waals surface area contributed by atoms with Gasteiger partial charge in [-0.1, -0.05) is 18.2 Å². The number of hydrogen-bond acceptors (Lipinski definition) is 3. The van der Waals surface area contributed by atoms with E-state index >= 15 is 0 Å². The molecule has 1 aromatic carbocycles. The second kappa shape index (κ2) is 5.85. The van der Waals surface area contributed by atoms with Gasteiger partial charge < -0.3 is 10.1 Å². The first kappa shape index (κ1) is 15.5. The number of halogens is 3. The van der Waals surface area contributed by atoms with Crippen molar-refractivity contribution in [1.29, 1.82) is 0 Å². The summed E-state index contributed by atoms with van der Waals surface area (Å²) in [7, 11) is 1.78. The van der Waals surface area contributed by atoms with Crippen LogP contribution < -0.4 is 10.1 Å². The molecule has 2 nitrogen and oxygen atoms in total. The van der Waals surface area contributed by atoms with Crippen LogP contribution in [-0.4, -0.2) is 23.9 Å². The highest BCUT2D eigenvalue weighted by Gasteiger charge is 2.40. The molecule has 2 unspecified atom stereocenters. The number of rotatable bonds is 4. The van der Waals surface area contributed by atoms with Crippen molar-refractivity contribution < 1.29 is 17.9 Å². The number of thioether (sulfide) groups is 1. The van der Waals surface area contributed by atoms with E-state index in [0.29, 0.717) is 5.56 Å². The van der Waals surface area contributed by atoms with Gasteiger partial charge >= 0.3 is 6.36 Å². The highest BCUT2D eigenvalue weighted by molar-refractivity contribution is 8.00. The van der Waals surface area contributed by atoms with Gasteiger partial charge in [0.25, 0.3) is 0 Å². The monoisotopic (exact) mass is 305 g/mol. The summed E-state index contributed by atoms with van der Waals surface area (Å²) in [6.07, 6.45) is -2.61. The molecule has 0 spiro atoms. The fraction of sp³-hybridized carbons (Fsp3) is 0.571. The Morgan fingerprint density at radius 1 is 1.35 bits per heavy atom. The maximum absolute atomic E-state index is 12.5.